The minimum atomic E-state index is 0.0989. The predicted octanol–water partition coefficient (Wildman–Crippen LogP) is 2.01. The Morgan fingerprint density at radius 2 is 2.13 bits per heavy atom. The third-order valence-electron chi connectivity index (χ3n) is 2.94. The van der Waals surface area contributed by atoms with Gasteiger partial charge in [0.2, 0.25) is 5.89 Å². The quantitative estimate of drug-likeness (QED) is 0.827. The van der Waals surface area contributed by atoms with Crippen molar-refractivity contribution in [3.63, 3.8) is 0 Å². The van der Waals surface area contributed by atoms with Gasteiger partial charge in [0, 0.05) is 18.4 Å². The topological polar surface area (TPSA) is 64.9 Å². The molecular formula is C11H19N3O. The lowest BCUT2D eigenvalue weighted by Crippen LogP contribution is -2.18. The summed E-state index contributed by atoms with van der Waals surface area (Å²) in [6.07, 6.45) is 7.01. The van der Waals surface area contributed by atoms with Crippen LogP contribution >= 0.6 is 0 Å². The maximum absolute atomic E-state index is 5.69. The van der Waals surface area contributed by atoms with Crippen molar-refractivity contribution in [2.75, 3.05) is 0 Å². The fourth-order valence-electron chi connectivity index (χ4n) is 2.15. The Bertz CT molecular complexity index is 303. The molecule has 2 rings (SSSR count). The zero-order valence-electron chi connectivity index (χ0n) is 9.28. The first-order valence-corrected chi connectivity index (χ1v) is 5.84. The van der Waals surface area contributed by atoms with Gasteiger partial charge in [-0.2, -0.15) is 4.98 Å². The second kappa shape index (κ2) is 4.75. The molecule has 1 aromatic heterocycles. The Hall–Kier alpha value is -0.900. The van der Waals surface area contributed by atoms with Gasteiger partial charge in [-0.05, 0) is 19.8 Å². The van der Waals surface area contributed by atoms with E-state index in [1.807, 2.05) is 6.92 Å². The van der Waals surface area contributed by atoms with Gasteiger partial charge in [0.05, 0.1) is 0 Å². The van der Waals surface area contributed by atoms with Gasteiger partial charge in [-0.25, -0.2) is 0 Å². The van der Waals surface area contributed by atoms with Crippen molar-refractivity contribution in [2.24, 2.45) is 5.73 Å². The zero-order valence-corrected chi connectivity index (χ0v) is 9.28. The molecule has 1 aliphatic rings. The van der Waals surface area contributed by atoms with Crippen LogP contribution in [0, 0.1) is 0 Å². The predicted molar refractivity (Wildman–Crippen MR) is 57.5 cm³/mol. The fraction of sp³-hybridized carbons (Fsp3) is 0.818. The van der Waals surface area contributed by atoms with Crippen LogP contribution in [0.15, 0.2) is 4.52 Å². The summed E-state index contributed by atoms with van der Waals surface area (Å²) < 4.78 is 5.29. The van der Waals surface area contributed by atoms with E-state index in [2.05, 4.69) is 10.1 Å². The third kappa shape index (κ3) is 2.78. The highest BCUT2D eigenvalue weighted by Gasteiger charge is 2.21. The van der Waals surface area contributed by atoms with E-state index in [-0.39, 0.29) is 6.04 Å². The molecule has 0 saturated heterocycles. The molecule has 1 saturated carbocycles. The standard InChI is InChI=1S/C11H19N3O/c1-8(12)7-10-13-11(15-14-10)9-5-3-2-4-6-9/h8-9H,2-7,12H2,1H3. The SMILES string of the molecule is CC(N)Cc1noc(C2CCCCC2)n1. The van der Waals surface area contributed by atoms with Crippen LogP contribution in [0.4, 0.5) is 0 Å². The number of rotatable bonds is 3. The van der Waals surface area contributed by atoms with Crippen molar-refractivity contribution >= 4 is 0 Å². The van der Waals surface area contributed by atoms with Gasteiger partial charge < -0.3 is 10.3 Å². The third-order valence-corrected chi connectivity index (χ3v) is 2.94. The monoisotopic (exact) mass is 209 g/mol. The maximum atomic E-state index is 5.69. The number of aromatic nitrogens is 2. The number of nitrogens with zero attached hydrogens (tertiary/aromatic N) is 2. The zero-order chi connectivity index (χ0) is 10.7. The van der Waals surface area contributed by atoms with Crippen LogP contribution in [-0.2, 0) is 6.42 Å². The molecular weight excluding hydrogens is 190 g/mol. The van der Waals surface area contributed by atoms with Crippen LogP contribution in [0.5, 0.6) is 0 Å². The smallest absolute Gasteiger partial charge is 0.229 e. The minimum Gasteiger partial charge on any atom is -0.339 e. The molecule has 1 unspecified atom stereocenters. The van der Waals surface area contributed by atoms with Gasteiger partial charge in [0.15, 0.2) is 5.82 Å². The summed E-state index contributed by atoms with van der Waals surface area (Å²) in [6, 6.07) is 0.0989. The molecule has 4 nitrogen and oxygen atoms in total. The Balaban J connectivity index is 1.99. The lowest BCUT2D eigenvalue weighted by Gasteiger charge is -2.17. The normalized spacial score (nSPS) is 20.4. The lowest BCUT2D eigenvalue weighted by atomic mass is 9.89. The minimum absolute atomic E-state index is 0.0989. The van der Waals surface area contributed by atoms with Gasteiger partial charge in [-0.15, -0.1) is 0 Å². The van der Waals surface area contributed by atoms with Crippen molar-refractivity contribution in [1.82, 2.24) is 10.1 Å². The number of hydrogen-bond acceptors (Lipinski definition) is 4. The van der Waals surface area contributed by atoms with Crippen molar-refractivity contribution in [2.45, 2.75) is 57.4 Å². The molecule has 1 atom stereocenters. The summed E-state index contributed by atoms with van der Waals surface area (Å²) in [5, 5.41) is 3.97. The van der Waals surface area contributed by atoms with Crippen LogP contribution in [0.3, 0.4) is 0 Å². The van der Waals surface area contributed by atoms with E-state index in [0.29, 0.717) is 12.3 Å². The van der Waals surface area contributed by atoms with E-state index in [4.69, 9.17) is 10.3 Å². The summed E-state index contributed by atoms with van der Waals surface area (Å²) >= 11 is 0. The van der Waals surface area contributed by atoms with Gasteiger partial charge in [0.1, 0.15) is 0 Å². The molecule has 0 amide bonds. The highest BCUT2D eigenvalue weighted by molar-refractivity contribution is 4.96. The van der Waals surface area contributed by atoms with Crippen molar-refractivity contribution in [1.29, 1.82) is 0 Å². The fourth-order valence-corrected chi connectivity index (χ4v) is 2.15. The second-order valence-electron chi connectivity index (χ2n) is 4.57. The van der Waals surface area contributed by atoms with E-state index in [9.17, 15) is 0 Å². The van der Waals surface area contributed by atoms with E-state index in [1.54, 1.807) is 0 Å². The van der Waals surface area contributed by atoms with Crippen LogP contribution in [-0.4, -0.2) is 16.2 Å². The molecule has 1 aliphatic carbocycles. The number of nitrogens with two attached hydrogens (primary N) is 1. The summed E-state index contributed by atoms with van der Waals surface area (Å²) in [5.41, 5.74) is 5.69. The molecule has 4 heteroatoms. The van der Waals surface area contributed by atoms with Gasteiger partial charge >= 0.3 is 0 Å². The first-order chi connectivity index (χ1) is 7.25. The average molecular weight is 209 g/mol. The molecule has 1 fully saturated rings. The molecule has 0 aliphatic heterocycles. The van der Waals surface area contributed by atoms with Gasteiger partial charge in [-0.3, -0.25) is 0 Å². The molecule has 0 bridgehead atoms. The summed E-state index contributed by atoms with van der Waals surface area (Å²) in [7, 11) is 0. The van der Waals surface area contributed by atoms with E-state index in [1.165, 1.54) is 32.1 Å². The molecule has 15 heavy (non-hydrogen) atoms. The van der Waals surface area contributed by atoms with Crippen molar-refractivity contribution < 1.29 is 4.52 Å². The first-order valence-electron chi connectivity index (χ1n) is 5.84. The van der Waals surface area contributed by atoms with Crippen molar-refractivity contribution in [3.05, 3.63) is 11.7 Å². The highest BCUT2D eigenvalue weighted by Crippen LogP contribution is 2.31. The van der Waals surface area contributed by atoms with Gasteiger partial charge in [-0.1, -0.05) is 24.4 Å². The Labute approximate surface area is 90.2 Å². The van der Waals surface area contributed by atoms with Crippen LogP contribution < -0.4 is 5.73 Å². The van der Waals surface area contributed by atoms with Crippen LogP contribution in [0.2, 0.25) is 0 Å². The Morgan fingerprint density at radius 1 is 1.40 bits per heavy atom. The maximum Gasteiger partial charge on any atom is 0.229 e. The highest BCUT2D eigenvalue weighted by atomic mass is 16.5. The van der Waals surface area contributed by atoms with E-state index < -0.39 is 0 Å². The largest absolute Gasteiger partial charge is 0.339 e. The van der Waals surface area contributed by atoms with Crippen molar-refractivity contribution in [3.8, 4) is 0 Å². The Kier molecular flexibility index (Phi) is 3.36. The summed E-state index contributed by atoms with van der Waals surface area (Å²) in [4.78, 5) is 4.42. The molecule has 1 aromatic rings. The van der Waals surface area contributed by atoms with Crippen LogP contribution in [0.1, 0.15) is 56.7 Å². The molecule has 84 valence electrons. The Morgan fingerprint density at radius 3 is 2.80 bits per heavy atom. The lowest BCUT2D eigenvalue weighted by molar-refractivity contribution is 0.312. The van der Waals surface area contributed by atoms with E-state index in [0.717, 1.165) is 11.7 Å². The molecule has 0 radical (unpaired) electrons. The molecule has 2 N–H and O–H groups in total. The summed E-state index contributed by atoms with van der Waals surface area (Å²) in [5.74, 6) is 2.07. The first kappa shape index (κ1) is 10.6. The average Bonchev–Trinajstić information content (AvgIpc) is 2.67. The molecule has 1 heterocycles. The molecule has 0 spiro atoms. The molecule has 0 aromatic carbocycles. The number of hydrogen-bond donors (Lipinski definition) is 1. The van der Waals surface area contributed by atoms with Crippen LogP contribution in [0.25, 0.3) is 0 Å². The van der Waals surface area contributed by atoms with Gasteiger partial charge in [0.25, 0.3) is 0 Å². The second-order valence-corrected chi connectivity index (χ2v) is 4.57. The summed E-state index contributed by atoms with van der Waals surface area (Å²) in [6.45, 7) is 1.96. The van der Waals surface area contributed by atoms with E-state index >= 15 is 0 Å².